The van der Waals surface area contributed by atoms with Gasteiger partial charge in [0.1, 0.15) is 6.29 Å². The molecule has 1 unspecified atom stereocenters. The first-order chi connectivity index (χ1) is 5.43. The highest BCUT2D eigenvalue weighted by molar-refractivity contribution is 5.72. The maximum atomic E-state index is 11.0. The second kappa shape index (κ2) is 4.24. The maximum Gasteiger partial charge on any atom is 0.308 e. The average molecular weight is 172 g/mol. The van der Waals surface area contributed by atoms with E-state index < -0.39 is 5.41 Å². The highest BCUT2D eigenvalue weighted by Gasteiger charge is 2.24. The van der Waals surface area contributed by atoms with Crippen molar-refractivity contribution in [1.82, 2.24) is 0 Å². The average Bonchev–Trinajstić information content (AvgIpc) is 2.02. The fourth-order valence-corrected chi connectivity index (χ4v) is 1.12. The number of rotatable bonds is 4. The van der Waals surface area contributed by atoms with Gasteiger partial charge in [0.15, 0.2) is 0 Å². The van der Waals surface area contributed by atoms with Crippen molar-refractivity contribution in [2.75, 3.05) is 7.11 Å². The van der Waals surface area contributed by atoms with Crippen molar-refractivity contribution in [2.24, 2.45) is 11.3 Å². The van der Waals surface area contributed by atoms with Crippen LogP contribution in [-0.2, 0) is 14.3 Å². The summed E-state index contributed by atoms with van der Waals surface area (Å²) in [5, 5.41) is 0. The summed E-state index contributed by atoms with van der Waals surface area (Å²) in [6.45, 7) is 5.37. The second-order valence-electron chi connectivity index (χ2n) is 3.73. The Morgan fingerprint density at radius 1 is 1.58 bits per heavy atom. The molecule has 0 bridgehead atoms. The van der Waals surface area contributed by atoms with Gasteiger partial charge in [0.2, 0.25) is 0 Å². The zero-order valence-electron chi connectivity index (χ0n) is 8.09. The lowest BCUT2D eigenvalue weighted by Crippen LogP contribution is -2.22. The zero-order chi connectivity index (χ0) is 9.78. The lowest BCUT2D eigenvalue weighted by atomic mass is 9.85. The van der Waals surface area contributed by atoms with Gasteiger partial charge in [0.25, 0.3) is 0 Å². The van der Waals surface area contributed by atoms with Crippen molar-refractivity contribution < 1.29 is 14.3 Å². The first-order valence-electron chi connectivity index (χ1n) is 3.97. The zero-order valence-corrected chi connectivity index (χ0v) is 8.09. The molecule has 0 saturated carbocycles. The van der Waals surface area contributed by atoms with Gasteiger partial charge in [-0.3, -0.25) is 4.79 Å². The first-order valence-corrected chi connectivity index (χ1v) is 3.97. The van der Waals surface area contributed by atoms with Gasteiger partial charge in [0, 0.05) is 5.41 Å². The Balaban J connectivity index is 4.08. The Bertz CT molecular complexity index is 173. The molecule has 0 heterocycles. The van der Waals surface area contributed by atoms with E-state index in [1.54, 1.807) is 20.8 Å². The van der Waals surface area contributed by atoms with Crippen LogP contribution in [-0.4, -0.2) is 19.4 Å². The minimum absolute atomic E-state index is 0.213. The van der Waals surface area contributed by atoms with Crippen LogP contribution in [0.2, 0.25) is 0 Å². The predicted octanol–water partition coefficient (Wildman–Crippen LogP) is 1.41. The molecule has 0 aliphatic carbocycles. The molecule has 0 aliphatic rings. The summed E-state index contributed by atoms with van der Waals surface area (Å²) >= 11 is 0. The van der Waals surface area contributed by atoms with Crippen molar-refractivity contribution in [1.29, 1.82) is 0 Å². The smallest absolute Gasteiger partial charge is 0.308 e. The number of esters is 1. The fourth-order valence-electron chi connectivity index (χ4n) is 1.12. The van der Waals surface area contributed by atoms with Crippen LogP contribution in [0.4, 0.5) is 0 Å². The molecule has 0 aliphatic heterocycles. The summed E-state index contributed by atoms with van der Waals surface area (Å²) in [6, 6.07) is 0. The second-order valence-corrected chi connectivity index (χ2v) is 3.73. The van der Waals surface area contributed by atoms with Crippen LogP contribution in [0.3, 0.4) is 0 Å². The van der Waals surface area contributed by atoms with Gasteiger partial charge >= 0.3 is 5.97 Å². The van der Waals surface area contributed by atoms with Gasteiger partial charge in [-0.15, -0.1) is 0 Å². The molecule has 1 atom stereocenters. The molecule has 3 nitrogen and oxygen atoms in total. The summed E-state index contributed by atoms with van der Waals surface area (Å²) in [5.74, 6) is -0.472. The lowest BCUT2D eigenvalue weighted by molar-refractivity contribution is -0.146. The van der Waals surface area contributed by atoms with E-state index in [1.807, 2.05) is 0 Å². The molecule has 0 saturated heterocycles. The van der Waals surface area contributed by atoms with Crippen LogP contribution in [0.1, 0.15) is 27.2 Å². The molecule has 70 valence electrons. The van der Waals surface area contributed by atoms with Crippen LogP contribution >= 0.6 is 0 Å². The molecule has 3 heteroatoms. The van der Waals surface area contributed by atoms with E-state index in [2.05, 4.69) is 4.74 Å². The molecule has 0 aromatic heterocycles. The van der Waals surface area contributed by atoms with Crippen LogP contribution in [0.15, 0.2) is 0 Å². The Morgan fingerprint density at radius 3 is 2.42 bits per heavy atom. The third kappa shape index (κ3) is 3.51. The highest BCUT2D eigenvalue weighted by atomic mass is 16.5. The van der Waals surface area contributed by atoms with Gasteiger partial charge in [-0.2, -0.15) is 0 Å². The highest BCUT2D eigenvalue weighted by Crippen LogP contribution is 2.23. The Hall–Kier alpha value is -0.860. The number of hydrogen-bond acceptors (Lipinski definition) is 3. The quantitative estimate of drug-likeness (QED) is 0.475. The van der Waals surface area contributed by atoms with E-state index in [0.29, 0.717) is 6.42 Å². The molecule has 0 radical (unpaired) electrons. The number of ether oxygens (including phenoxy) is 1. The summed E-state index contributed by atoms with van der Waals surface area (Å²) < 4.78 is 4.55. The Kier molecular flexibility index (Phi) is 3.93. The molecule has 0 aromatic carbocycles. The van der Waals surface area contributed by atoms with Crippen LogP contribution in [0, 0.1) is 11.3 Å². The summed E-state index contributed by atoms with van der Waals surface area (Å²) in [7, 11) is 1.35. The monoisotopic (exact) mass is 172 g/mol. The SMILES string of the molecule is COC(=O)C(C)CC(C)(C)C=O. The van der Waals surface area contributed by atoms with Gasteiger partial charge in [0.05, 0.1) is 13.0 Å². The van der Waals surface area contributed by atoms with Crippen LogP contribution < -0.4 is 0 Å². The maximum absolute atomic E-state index is 11.0. The third-order valence-electron chi connectivity index (χ3n) is 1.75. The standard InChI is InChI=1S/C9H16O3/c1-7(8(11)12-4)5-9(2,3)6-10/h6-7H,5H2,1-4H3. The van der Waals surface area contributed by atoms with Gasteiger partial charge in [-0.25, -0.2) is 0 Å². The predicted molar refractivity (Wildman–Crippen MR) is 45.6 cm³/mol. The van der Waals surface area contributed by atoms with Crippen molar-refractivity contribution >= 4 is 12.3 Å². The molecule has 0 rings (SSSR count). The van der Waals surface area contributed by atoms with Crippen molar-refractivity contribution in [3.05, 3.63) is 0 Å². The van der Waals surface area contributed by atoms with Crippen molar-refractivity contribution in [2.45, 2.75) is 27.2 Å². The first kappa shape index (κ1) is 11.1. The molecule has 0 fully saturated rings. The largest absolute Gasteiger partial charge is 0.469 e. The molecule has 0 N–H and O–H groups in total. The van der Waals surface area contributed by atoms with Gasteiger partial charge in [-0.1, -0.05) is 20.8 Å². The number of carbonyl (C=O) groups is 2. The summed E-state index contributed by atoms with van der Waals surface area (Å²) in [5.41, 5.74) is -0.437. The summed E-state index contributed by atoms with van der Waals surface area (Å²) in [4.78, 5) is 21.5. The Morgan fingerprint density at radius 2 is 2.08 bits per heavy atom. The fraction of sp³-hybridized carbons (Fsp3) is 0.778. The van der Waals surface area contributed by atoms with E-state index in [9.17, 15) is 9.59 Å². The molecular formula is C9H16O3. The Labute approximate surface area is 73.1 Å². The topological polar surface area (TPSA) is 43.4 Å². The normalized spacial score (nSPS) is 13.7. The summed E-state index contributed by atoms with van der Waals surface area (Å²) in [6.07, 6.45) is 1.40. The van der Waals surface area contributed by atoms with Gasteiger partial charge < -0.3 is 9.53 Å². The number of aldehydes is 1. The van der Waals surface area contributed by atoms with Crippen LogP contribution in [0.25, 0.3) is 0 Å². The van der Waals surface area contributed by atoms with Gasteiger partial charge in [-0.05, 0) is 6.42 Å². The molecule has 12 heavy (non-hydrogen) atoms. The minimum Gasteiger partial charge on any atom is -0.469 e. The number of carbonyl (C=O) groups excluding carboxylic acids is 2. The lowest BCUT2D eigenvalue weighted by Gasteiger charge is -2.19. The minimum atomic E-state index is -0.437. The number of methoxy groups -OCH3 is 1. The third-order valence-corrected chi connectivity index (χ3v) is 1.75. The molecule has 0 spiro atoms. The van der Waals surface area contributed by atoms with Crippen molar-refractivity contribution in [3.8, 4) is 0 Å². The van der Waals surface area contributed by atoms with E-state index in [4.69, 9.17) is 0 Å². The van der Waals surface area contributed by atoms with Crippen LogP contribution in [0.5, 0.6) is 0 Å². The van der Waals surface area contributed by atoms with E-state index in [0.717, 1.165) is 6.29 Å². The molecule has 0 aromatic rings. The number of hydrogen-bond donors (Lipinski definition) is 0. The van der Waals surface area contributed by atoms with Crippen molar-refractivity contribution in [3.63, 3.8) is 0 Å². The molecule has 0 amide bonds. The van der Waals surface area contributed by atoms with E-state index in [1.165, 1.54) is 7.11 Å². The van der Waals surface area contributed by atoms with E-state index >= 15 is 0 Å². The van der Waals surface area contributed by atoms with E-state index in [-0.39, 0.29) is 11.9 Å². The molecular weight excluding hydrogens is 156 g/mol.